The molecule has 1 saturated heterocycles. The molecule has 1 fully saturated rings. The summed E-state index contributed by atoms with van der Waals surface area (Å²) in [6.45, 7) is 5.28. The molecule has 0 spiro atoms. The number of carbonyl (C=O) groups is 1. The number of carbonyl (C=O) groups excluding carboxylic acids is 1. The Labute approximate surface area is 114 Å². The molecule has 0 saturated carbocycles. The third-order valence-electron chi connectivity index (χ3n) is 3.46. The third-order valence-corrected chi connectivity index (χ3v) is 3.46. The fraction of sp³-hybridized carbons (Fsp3) is 0.533. The number of aliphatic hydroxyl groups excluding tert-OH is 1. The summed E-state index contributed by atoms with van der Waals surface area (Å²) in [5, 5.41) is 8.87. The average molecular weight is 263 g/mol. The molecule has 2 rings (SSSR count). The van der Waals surface area contributed by atoms with Crippen LogP contribution in [-0.2, 0) is 9.53 Å². The Balaban J connectivity index is 2.19. The minimum atomic E-state index is -0.416. The smallest absolute Gasteiger partial charge is 0.256 e. The van der Waals surface area contributed by atoms with Crippen molar-refractivity contribution in [1.29, 1.82) is 0 Å². The van der Waals surface area contributed by atoms with Crippen LogP contribution in [0.3, 0.4) is 0 Å². The lowest BCUT2D eigenvalue weighted by molar-refractivity contribution is -0.134. The number of hydrogen-bond acceptors (Lipinski definition) is 3. The number of aliphatic hydroxyl groups is 1. The van der Waals surface area contributed by atoms with E-state index in [4.69, 9.17) is 9.84 Å². The molecule has 0 aliphatic carbocycles. The van der Waals surface area contributed by atoms with Crippen molar-refractivity contribution in [2.24, 2.45) is 0 Å². The van der Waals surface area contributed by atoms with Crippen molar-refractivity contribution in [1.82, 2.24) is 0 Å². The van der Waals surface area contributed by atoms with E-state index in [9.17, 15) is 4.79 Å². The Hall–Kier alpha value is -1.39. The van der Waals surface area contributed by atoms with E-state index >= 15 is 0 Å². The van der Waals surface area contributed by atoms with Gasteiger partial charge in [0.25, 0.3) is 5.91 Å². The van der Waals surface area contributed by atoms with Crippen LogP contribution in [0.25, 0.3) is 0 Å². The van der Waals surface area contributed by atoms with Gasteiger partial charge in [-0.15, -0.1) is 0 Å². The van der Waals surface area contributed by atoms with Gasteiger partial charge in [0.15, 0.2) is 0 Å². The van der Waals surface area contributed by atoms with Crippen molar-refractivity contribution in [2.45, 2.75) is 32.8 Å². The highest BCUT2D eigenvalue weighted by Crippen LogP contribution is 2.25. The number of hydrogen-bond donors (Lipinski definition) is 1. The average Bonchev–Trinajstić information content (AvgIpc) is 2.41. The van der Waals surface area contributed by atoms with Gasteiger partial charge in [0.2, 0.25) is 0 Å². The number of rotatable bonds is 4. The Morgan fingerprint density at radius 3 is 2.95 bits per heavy atom. The highest BCUT2D eigenvalue weighted by atomic mass is 16.5. The van der Waals surface area contributed by atoms with Crippen molar-refractivity contribution in [3.05, 3.63) is 29.3 Å². The number of anilines is 1. The zero-order chi connectivity index (χ0) is 13.8. The highest BCUT2D eigenvalue weighted by molar-refractivity contribution is 5.97. The monoisotopic (exact) mass is 263 g/mol. The van der Waals surface area contributed by atoms with E-state index in [-0.39, 0.29) is 12.5 Å². The van der Waals surface area contributed by atoms with Crippen LogP contribution in [0, 0.1) is 13.8 Å². The first kappa shape index (κ1) is 14.0. The quantitative estimate of drug-likeness (QED) is 0.901. The molecule has 104 valence electrons. The van der Waals surface area contributed by atoms with Gasteiger partial charge in [0.1, 0.15) is 6.10 Å². The first-order valence-corrected chi connectivity index (χ1v) is 6.74. The Bertz CT molecular complexity index is 459. The van der Waals surface area contributed by atoms with E-state index in [0.29, 0.717) is 26.0 Å². The van der Waals surface area contributed by atoms with Gasteiger partial charge < -0.3 is 14.7 Å². The maximum absolute atomic E-state index is 12.4. The fourth-order valence-electron chi connectivity index (χ4n) is 2.37. The maximum Gasteiger partial charge on any atom is 0.256 e. The van der Waals surface area contributed by atoms with Gasteiger partial charge in [-0.2, -0.15) is 0 Å². The third kappa shape index (κ3) is 3.14. The second-order valence-electron chi connectivity index (χ2n) is 5.01. The normalized spacial score (nSPS) is 19.8. The molecule has 0 bridgehead atoms. The zero-order valence-corrected chi connectivity index (χ0v) is 11.6. The summed E-state index contributed by atoms with van der Waals surface area (Å²) in [6, 6.07) is 6.13. The van der Waals surface area contributed by atoms with Gasteiger partial charge in [-0.05, 0) is 43.9 Å². The lowest BCUT2D eigenvalue weighted by Crippen LogP contribution is -2.48. The van der Waals surface area contributed by atoms with Crippen molar-refractivity contribution in [3.8, 4) is 0 Å². The molecule has 1 atom stereocenters. The number of morpholine rings is 1. The molecule has 4 heteroatoms. The minimum absolute atomic E-state index is 0.00778. The molecule has 19 heavy (non-hydrogen) atoms. The summed E-state index contributed by atoms with van der Waals surface area (Å²) in [6.07, 6.45) is 0.758. The summed E-state index contributed by atoms with van der Waals surface area (Å²) < 4.78 is 5.51. The number of amides is 1. The second kappa shape index (κ2) is 6.17. The van der Waals surface area contributed by atoms with E-state index in [2.05, 4.69) is 0 Å². The van der Waals surface area contributed by atoms with Crippen LogP contribution < -0.4 is 4.90 Å². The highest BCUT2D eigenvalue weighted by Gasteiger charge is 2.30. The number of ether oxygens (including phenoxy) is 1. The van der Waals surface area contributed by atoms with Crippen LogP contribution in [0.5, 0.6) is 0 Å². The summed E-state index contributed by atoms with van der Waals surface area (Å²) in [5.41, 5.74) is 3.22. The van der Waals surface area contributed by atoms with Crippen LogP contribution in [0.4, 0.5) is 5.69 Å². The molecule has 4 nitrogen and oxygen atoms in total. The van der Waals surface area contributed by atoms with E-state index < -0.39 is 6.10 Å². The summed E-state index contributed by atoms with van der Waals surface area (Å²) in [7, 11) is 0. The minimum Gasteiger partial charge on any atom is -0.396 e. The number of aryl methyl sites for hydroxylation is 2. The molecule has 1 aliphatic rings. The zero-order valence-electron chi connectivity index (χ0n) is 11.6. The molecule has 1 amide bonds. The Morgan fingerprint density at radius 2 is 2.21 bits per heavy atom. The molecule has 1 heterocycles. The first-order chi connectivity index (χ1) is 9.13. The molecular formula is C15H21NO3. The topological polar surface area (TPSA) is 49.8 Å². The van der Waals surface area contributed by atoms with Crippen LogP contribution in [0.2, 0.25) is 0 Å². The van der Waals surface area contributed by atoms with Crippen molar-refractivity contribution in [3.63, 3.8) is 0 Å². The Kier molecular flexibility index (Phi) is 4.56. The van der Waals surface area contributed by atoms with Gasteiger partial charge in [-0.25, -0.2) is 0 Å². The molecule has 1 aromatic rings. The maximum atomic E-state index is 12.4. The second-order valence-corrected chi connectivity index (χ2v) is 5.01. The van der Waals surface area contributed by atoms with E-state index in [0.717, 1.165) is 16.8 Å². The SMILES string of the molecule is Cc1ccc(C)c(N2CCOC(CCCO)C2=O)c1. The van der Waals surface area contributed by atoms with Crippen LogP contribution in [-0.4, -0.2) is 36.9 Å². The molecule has 1 unspecified atom stereocenters. The summed E-state index contributed by atoms with van der Waals surface area (Å²) in [5.74, 6) is 0.00778. The van der Waals surface area contributed by atoms with Crippen molar-refractivity contribution < 1.29 is 14.6 Å². The number of benzene rings is 1. The van der Waals surface area contributed by atoms with Crippen LogP contribution >= 0.6 is 0 Å². The van der Waals surface area contributed by atoms with Gasteiger partial charge in [0, 0.05) is 18.8 Å². The summed E-state index contributed by atoms with van der Waals surface area (Å²) in [4.78, 5) is 14.2. The van der Waals surface area contributed by atoms with E-state index in [1.807, 2.05) is 36.9 Å². The molecule has 1 aliphatic heterocycles. The van der Waals surface area contributed by atoms with E-state index in [1.165, 1.54) is 0 Å². The first-order valence-electron chi connectivity index (χ1n) is 6.74. The van der Waals surface area contributed by atoms with Crippen molar-refractivity contribution in [2.75, 3.05) is 24.7 Å². The summed E-state index contributed by atoms with van der Waals surface area (Å²) >= 11 is 0. The van der Waals surface area contributed by atoms with Gasteiger partial charge in [0.05, 0.1) is 6.61 Å². The predicted molar refractivity (Wildman–Crippen MR) is 74.3 cm³/mol. The standard InChI is InChI=1S/C15H21NO3/c1-11-5-6-12(2)13(10-11)16-7-9-19-14(15(16)18)4-3-8-17/h5-6,10,14,17H,3-4,7-9H2,1-2H3. The fourth-order valence-corrected chi connectivity index (χ4v) is 2.37. The van der Waals surface area contributed by atoms with E-state index in [1.54, 1.807) is 0 Å². The van der Waals surface area contributed by atoms with Gasteiger partial charge in [-0.1, -0.05) is 12.1 Å². The predicted octanol–water partition coefficient (Wildman–Crippen LogP) is 1.81. The molecule has 0 aromatic heterocycles. The lowest BCUT2D eigenvalue weighted by atomic mass is 10.1. The molecular weight excluding hydrogens is 242 g/mol. The Morgan fingerprint density at radius 1 is 1.42 bits per heavy atom. The number of nitrogens with zero attached hydrogens (tertiary/aromatic N) is 1. The van der Waals surface area contributed by atoms with Crippen molar-refractivity contribution >= 4 is 11.6 Å². The van der Waals surface area contributed by atoms with Crippen LogP contribution in [0.1, 0.15) is 24.0 Å². The lowest BCUT2D eigenvalue weighted by Gasteiger charge is -2.33. The van der Waals surface area contributed by atoms with Gasteiger partial charge >= 0.3 is 0 Å². The largest absolute Gasteiger partial charge is 0.396 e. The molecule has 0 radical (unpaired) electrons. The van der Waals surface area contributed by atoms with Gasteiger partial charge in [-0.3, -0.25) is 4.79 Å². The van der Waals surface area contributed by atoms with Crippen LogP contribution in [0.15, 0.2) is 18.2 Å². The molecule has 1 N–H and O–H groups in total. The molecule has 1 aromatic carbocycles.